The Balaban J connectivity index is 0.00000341. The van der Waals surface area contributed by atoms with Crippen molar-refractivity contribution in [3.8, 4) is 0 Å². The number of guanidine groups is 1. The maximum absolute atomic E-state index is 12.0. The number of aromatic nitrogens is 2. The molecule has 1 aliphatic heterocycles. The van der Waals surface area contributed by atoms with Gasteiger partial charge < -0.3 is 20.0 Å². The van der Waals surface area contributed by atoms with Crippen LogP contribution in [0.5, 0.6) is 0 Å². The highest BCUT2D eigenvalue weighted by Crippen LogP contribution is 2.19. The van der Waals surface area contributed by atoms with E-state index in [9.17, 15) is 4.79 Å². The van der Waals surface area contributed by atoms with Gasteiger partial charge in [0.15, 0.2) is 5.96 Å². The summed E-state index contributed by atoms with van der Waals surface area (Å²) in [7, 11) is 3.52. The van der Waals surface area contributed by atoms with Gasteiger partial charge in [0, 0.05) is 70.3 Å². The van der Waals surface area contributed by atoms with Crippen LogP contribution >= 0.6 is 35.5 Å². The van der Waals surface area contributed by atoms with E-state index in [2.05, 4.69) is 38.3 Å². The van der Waals surface area contributed by atoms with Gasteiger partial charge in [-0.25, -0.2) is 9.98 Å². The second kappa shape index (κ2) is 12.2. The summed E-state index contributed by atoms with van der Waals surface area (Å²) in [4.78, 5) is 27.6. The number of hydrogen-bond acceptors (Lipinski definition) is 6. The Bertz CT molecular complexity index is 861. The normalized spacial score (nSPS) is 14.3. The van der Waals surface area contributed by atoms with Crippen LogP contribution in [0.4, 0.5) is 5.13 Å². The number of nitrogens with one attached hydrogen (secondary N) is 1. The molecule has 3 rings (SSSR count). The average Bonchev–Trinajstić information content (AvgIpc) is 3.26. The number of piperazine rings is 1. The number of nitrogens with zero attached hydrogens (tertiary/aromatic N) is 6. The lowest BCUT2D eigenvalue weighted by Crippen LogP contribution is -2.52. The lowest BCUT2D eigenvalue weighted by molar-refractivity contribution is 0.0827. The molecule has 2 aromatic rings. The van der Waals surface area contributed by atoms with Crippen molar-refractivity contribution in [2.24, 2.45) is 4.99 Å². The molecule has 0 atom stereocenters. The third-order valence-corrected chi connectivity index (χ3v) is 5.79. The SMILES string of the molecule is CCNC(=NCc1ccc(C(=O)N(C)C)cc1)N1CCN(c2nc(CC)ns2)CC1.I. The van der Waals surface area contributed by atoms with Gasteiger partial charge in [-0.1, -0.05) is 19.1 Å². The minimum atomic E-state index is 0. The molecule has 2 heterocycles. The van der Waals surface area contributed by atoms with E-state index < -0.39 is 0 Å². The fraction of sp³-hybridized carbons (Fsp3) is 0.524. The summed E-state index contributed by atoms with van der Waals surface area (Å²) < 4.78 is 4.40. The number of amides is 1. The number of aryl methyl sites for hydroxylation is 1. The summed E-state index contributed by atoms with van der Waals surface area (Å²) >= 11 is 1.49. The number of benzene rings is 1. The first-order chi connectivity index (χ1) is 14.5. The fourth-order valence-electron chi connectivity index (χ4n) is 3.23. The Kier molecular flexibility index (Phi) is 9.94. The van der Waals surface area contributed by atoms with Gasteiger partial charge in [-0.05, 0) is 24.6 Å². The molecule has 1 aliphatic rings. The van der Waals surface area contributed by atoms with Gasteiger partial charge in [-0.15, -0.1) is 24.0 Å². The maximum Gasteiger partial charge on any atom is 0.253 e. The summed E-state index contributed by atoms with van der Waals surface area (Å²) in [5.41, 5.74) is 1.78. The van der Waals surface area contributed by atoms with Crippen molar-refractivity contribution in [3.63, 3.8) is 0 Å². The van der Waals surface area contributed by atoms with Gasteiger partial charge in [-0.2, -0.15) is 4.37 Å². The van der Waals surface area contributed by atoms with Crippen molar-refractivity contribution in [1.82, 2.24) is 24.5 Å². The largest absolute Gasteiger partial charge is 0.357 e. The topological polar surface area (TPSA) is 77.0 Å². The summed E-state index contributed by atoms with van der Waals surface area (Å²) in [6.45, 7) is 9.17. The average molecular weight is 558 g/mol. The van der Waals surface area contributed by atoms with Gasteiger partial charge in [0.2, 0.25) is 5.13 Å². The van der Waals surface area contributed by atoms with E-state index in [-0.39, 0.29) is 29.9 Å². The summed E-state index contributed by atoms with van der Waals surface area (Å²) in [6.07, 6.45) is 0.873. The molecule has 8 nitrogen and oxygen atoms in total. The molecule has 1 N–H and O–H groups in total. The quantitative estimate of drug-likeness (QED) is 0.335. The molecule has 31 heavy (non-hydrogen) atoms. The minimum absolute atomic E-state index is 0. The molecule has 0 spiro atoms. The van der Waals surface area contributed by atoms with E-state index in [1.807, 2.05) is 24.3 Å². The highest BCUT2D eigenvalue weighted by Gasteiger charge is 2.22. The summed E-state index contributed by atoms with van der Waals surface area (Å²) in [5, 5.41) is 4.42. The van der Waals surface area contributed by atoms with E-state index in [1.165, 1.54) is 11.5 Å². The fourth-order valence-corrected chi connectivity index (χ4v) is 4.03. The molecule has 0 radical (unpaired) electrons. The van der Waals surface area contributed by atoms with Crippen molar-refractivity contribution in [1.29, 1.82) is 0 Å². The van der Waals surface area contributed by atoms with Gasteiger partial charge in [0.1, 0.15) is 5.82 Å². The highest BCUT2D eigenvalue weighted by molar-refractivity contribution is 14.0. The van der Waals surface area contributed by atoms with Gasteiger partial charge >= 0.3 is 0 Å². The third kappa shape index (κ3) is 6.76. The van der Waals surface area contributed by atoms with E-state index in [4.69, 9.17) is 4.99 Å². The van der Waals surface area contributed by atoms with Crippen LogP contribution in [0.25, 0.3) is 0 Å². The van der Waals surface area contributed by atoms with Crippen LogP contribution in [0.3, 0.4) is 0 Å². The van der Waals surface area contributed by atoms with Crippen LogP contribution in [0, 0.1) is 0 Å². The van der Waals surface area contributed by atoms with Crippen LogP contribution in [0.1, 0.15) is 35.6 Å². The number of aliphatic imine (C=N–C) groups is 1. The Hall–Kier alpha value is -1.95. The number of anilines is 1. The molecule has 1 saturated heterocycles. The Morgan fingerprint density at radius 2 is 1.84 bits per heavy atom. The lowest BCUT2D eigenvalue weighted by Gasteiger charge is -2.36. The lowest BCUT2D eigenvalue weighted by atomic mass is 10.1. The zero-order valence-corrected chi connectivity index (χ0v) is 21.8. The Morgan fingerprint density at radius 3 is 2.39 bits per heavy atom. The molecule has 1 amide bonds. The van der Waals surface area contributed by atoms with Gasteiger partial charge in [0.25, 0.3) is 5.91 Å². The van der Waals surface area contributed by atoms with Crippen molar-refractivity contribution in [2.75, 3.05) is 51.7 Å². The number of carbonyl (C=O) groups excluding carboxylic acids is 1. The molecule has 1 aromatic heterocycles. The van der Waals surface area contributed by atoms with E-state index in [1.54, 1.807) is 19.0 Å². The maximum atomic E-state index is 12.0. The smallest absolute Gasteiger partial charge is 0.253 e. The van der Waals surface area contributed by atoms with Crippen molar-refractivity contribution in [3.05, 3.63) is 41.2 Å². The summed E-state index contributed by atoms with van der Waals surface area (Å²) in [5.74, 6) is 1.86. The van der Waals surface area contributed by atoms with Crippen LogP contribution in [-0.2, 0) is 13.0 Å². The van der Waals surface area contributed by atoms with Crippen LogP contribution in [0.2, 0.25) is 0 Å². The first kappa shape index (κ1) is 25.3. The third-order valence-electron chi connectivity index (χ3n) is 4.98. The van der Waals surface area contributed by atoms with Crippen molar-refractivity contribution >= 4 is 52.5 Å². The molecule has 1 aromatic carbocycles. The van der Waals surface area contributed by atoms with Crippen molar-refractivity contribution in [2.45, 2.75) is 26.8 Å². The highest BCUT2D eigenvalue weighted by atomic mass is 127. The van der Waals surface area contributed by atoms with Crippen LogP contribution in [-0.4, -0.2) is 77.8 Å². The van der Waals surface area contributed by atoms with Gasteiger partial charge in [-0.3, -0.25) is 4.79 Å². The molecule has 170 valence electrons. The van der Waals surface area contributed by atoms with E-state index in [0.717, 1.165) is 61.6 Å². The number of halogens is 1. The summed E-state index contributed by atoms with van der Waals surface area (Å²) in [6, 6.07) is 7.68. The van der Waals surface area contributed by atoms with E-state index in [0.29, 0.717) is 12.1 Å². The van der Waals surface area contributed by atoms with E-state index >= 15 is 0 Å². The molecule has 1 fully saturated rings. The van der Waals surface area contributed by atoms with Crippen molar-refractivity contribution < 1.29 is 4.79 Å². The number of hydrogen-bond donors (Lipinski definition) is 1. The monoisotopic (exact) mass is 557 g/mol. The van der Waals surface area contributed by atoms with Crippen LogP contribution in [0.15, 0.2) is 29.3 Å². The first-order valence-electron chi connectivity index (χ1n) is 10.4. The molecule has 0 unspecified atom stereocenters. The van der Waals surface area contributed by atoms with Crippen LogP contribution < -0.4 is 10.2 Å². The molecular weight excluding hydrogens is 525 g/mol. The minimum Gasteiger partial charge on any atom is -0.357 e. The molecule has 0 aliphatic carbocycles. The zero-order valence-electron chi connectivity index (χ0n) is 18.7. The van der Waals surface area contributed by atoms with Gasteiger partial charge in [0.05, 0.1) is 6.54 Å². The predicted molar refractivity (Wildman–Crippen MR) is 138 cm³/mol. The second-order valence-electron chi connectivity index (χ2n) is 7.39. The molecule has 10 heteroatoms. The Morgan fingerprint density at radius 1 is 1.16 bits per heavy atom. The second-order valence-corrected chi connectivity index (χ2v) is 8.12. The predicted octanol–water partition coefficient (Wildman–Crippen LogP) is 2.71. The number of rotatable bonds is 6. The molecule has 0 saturated carbocycles. The molecular formula is C21H32IN7OS. The zero-order chi connectivity index (χ0) is 21.5. The first-order valence-corrected chi connectivity index (χ1v) is 11.2. The standard InChI is InChI=1S/C21H31N7OS.HI/c1-5-18-24-21(30-25-18)28-13-11-27(12-14-28)20(22-6-2)23-15-16-7-9-17(10-8-16)19(29)26(3)4;/h7-10H,5-6,11-15H2,1-4H3,(H,22,23);1H. The number of carbonyl (C=O) groups is 1. The molecule has 0 bridgehead atoms. The Labute approximate surface area is 205 Å².